The molecule has 23 heavy (non-hydrogen) atoms. The van der Waals surface area contributed by atoms with Crippen molar-refractivity contribution < 1.29 is 4.79 Å². The van der Waals surface area contributed by atoms with Crippen molar-refractivity contribution in [1.29, 1.82) is 0 Å². The van der Waals surface area contributed by atoms with E-state index in [1.807, 2.05) is 0 Å². The Morgan fingerprint density at radius 2 is 1.74 bits per heavy atom. The van der Waals surface area contributed by atoms with Crippen molar-refractivity contribution >= 4 is 11.5 Å². The molecule has 2 aliphatic rings. The predicted octanol–water partition coefficient (Wildman–Crippen LogP) is 4.55. The minimum absolute atomic E-state index is 0.0774. The lowest BCUT2D eigenvalue weighted by Gasteiger charge is -2.36. The molecule has 0 unspecified atom stereocenters. The maximum absolute atomic E-state index is 13.0. The zero-order chi connectivity index (χ0) is 15.8. The summed E-state index contributed by atoms with van der Waals surface area (Å²) >= 11 is 0. The van der Waals surface area contributed by atoms with Gasteiger partial charge in [-0.05, 0) is 36.5 Å². The van der Waals surface area contributed by atoms with Gasteiger partial charge in [0.15, 0.2) is 0 Å². The summed E-state index contributed by atoms with van der Waals surface area (Å²) in [5, 5.41) is 0. The van der Waals surface area contributed by atoms with E-state index in [-0.39, 0.29) is 11.8 Å². The summed E-state index contributed by atoms with van der Waals surface area (Å²) in [5.74, 6) is 0.793. The van der Waals surface area contributed by atoms with Crippen LogP contribution in [0.4, 0.5) is 5.69 Å². The molecule has 1 aliphatic carbocycles. The number of carbonyl (C=O) groups is 1. The van der Waals surface area contributed by atoms with Crippen LogP contribution in [0.2, 0.25) is 0 Å². The Bertz CT molecular complexity index is 709. The van der Waals surface area contributed by atoms with Gasteiger partial charge in [-0.25, -0.2) is 0 Å². The summed E-state index contributed by atoms with van der Waals surface area (Å²) in [7, 11) is 0. The van der Waals surface area contributed by atoms with Gasteiger partial charge in [-0.15, -0.1) is 0 Å². The molecule has 1 saturated carbocycles. The fourth-order valence-electron chi connectivity index (χ4n) is 4.40. The molecule has 0 spiro atoms. The number of hydrogen-bond donors (Lipinski definition) is 0. The number of fused-ring (bicyclic) bond motifs is 3. The zero-order valence-electron chi connectivity index (χ0n) is 13.6. The average Bonchev–Trinajstić information content (AvgIpc) is 2.91. The molecule has 2 heteroatoms. The first-order valence-corrected chi connectivity index (χ1v) is 8.72. The molecule has 1 aliphatic heterocycles. The lowest BCUT2D eigenvalue weighted by molar-refractivity contribution is -0.126. The molecule has 3 atom stereocenters. The Balaban J connectivity index is 1.72. The van der Waals surface area contributed by atoms with Crippen molar-refractivity contribution in [2.75, 3.05) is 4.90 Å². The van der Waals surface area contributed by atoms with E-state index in [0.717, 1.165) is 25.8 Å². The van der Waals surface area contributed by atoms with E-state index in [9.17, 15) is 4.79 Å². The largest absolute Gasteiger partial charge is 0.363 e. The van der Waals surface area contributed by atoms with E-state index in [0.29, 0.717) is 11.8 Å². The number of hydrogen-bond acceptors (Lipinski definition) is 2. The van der Waals surface area contributed by atoms with Crippen LogP contribution in [0.1, 0.15) is 43.2 Å². The Morgan fingerprint density at radius 3 is 2.52 bits per heavy atom. The summed E-state index contributed by atoms with van der Waals surface area (Å²) in [4.78, 5) is 15.4. The predicted molar refractivity (Wildman–Crippen MR) is 93.6 cm³/mol. The van der Waals surface area contributed by atoms with Crippen LogP contribution in [-0.4, -0.2) is 11.8 Å². The molecular formula is C21H23NO. The van der Waals surface area contributed by atoms with Crippen molar-refractivity contribution in [2.24, 2.45) is 5.92 Å². The van der Waals surface area contributed by atoms with E-state index in [4.69, 9.17) is 0 Å². The van der Waals surface area contributed by atoms with Gasteiger partial charge in [-0.3, -0.25) is 4.79 Å². The van der Waals surface area contributed by atoms with Gasteiger partial charge in [0, 0.05) is 24.2 Å². The number of anilines is 1. The molecule has 0 saturated heterocycles. The summed E-state index contributed by atoms with van der Waals surface area (Å²) < 4.78 is 0. The summed E-state index contributed by atoms with van der Waals surface area (Å²) in [6, 6.07) is 19.4. The molecule has 1 heterocycles. The Hall–Kier alpha value is -2.09. The third-order valence-corrected chi connectivity index (χ3v) is 5.57. The van der Waals surface area contributed by atoms with Crippen LogP contribution in [0, 0.1) is 5.92 Å². The van der Waals surface area contributed by atoms with E-state index in [1.165, 1.54) is 16.8 Å². The maximum atomic E-state index is 13.0. The normalized spacial score (nSPS) is 26.0. The highest BCUT2D eigenvalue weighted by molar-refractivity contribution is 5.93. The van der Waals surface area contributed by atoms with Crippen LogP contribution in [-0.2, 0) is 11.3 Å². The highest BCUT2D eigenvalue weighted by Crippen LogP contribution is 2.48. The number of Topliss-reactive ketones (excluding diaryl/α,β-unsaturated/α-hetero) is 1. The lowest BCUT2D eigenvalue weighted by atomic mass is 9.74. The van der Waals surface area contributed by atoms with E-state index >= 15 is 0 Å². The Morgan fingerprint density at radius 1 is 1.00 bits per heavy atom. The van der Waals surface area contributed by atoms with Gasteiger partial charge in [-0.1, -0.05) is 55.5 Å². The number of ketones is 1. The van der Waals surface area contributed by atoms with Gasteiger partial charge < -0.3 is 4.90 Å². The number of carbonyl (C=O) groups excluding carboxylic acids is 1. The highest BCUT2D eigenvalue weighted by Gasteiger charge is 2.46. The molecule has 0 N–H and O–H groups in total. The molecule has 2 aromatic carbocycles. The molecule has 2 nitrogen and oxygen atoms in total. The van der Waals surface area contributed by atoms with Crippen LogP contribution in [0.15, 0.2) is 54.6 Å². The minimum atomic E-state index is 0.0774. The molecule has 118 valence electrons. The molecular weight excluding hydrogens is 282 g/mol. The molecule has 4 rings (SSSR count). The highest BCUT2D eigenvalue weighted by atomic mass is 16.1. The third-order valence-electron chi connectivity index (χ3n) is 5.57. The van der Waals surface area contributed by atoms with Gasteiger partial charge >= 0.3 is 0 Å². The van der Waals surface area contributed by atoms with Crippen molar-refractivity contribution in [3.8, 4) is 0 Å². The summed E-state index contributed by atoms with van der Waals surface area (Å²) in [6.07, 6.45) is 3.13. The van der Waals surface area contributed by atoms with Crippen LogP contribution < -0.4 is 4.90 Å². The smallest absolute Gasteiger partial charge is 0.145 e. The molecule has 1 fully saturated rings. The molecule has 2 aromatic rings. The first-order valence-electron chi connectivity index (χ1n) is 8.72. The van der Waals surface area contributed by atoms with Crippen molar-refractivity contribution in [3.63, 3.8) is 0 Å². The van der Waals surface area contributed by atoms with Gasteiger partial charge in [0.25, 0.3) is 0 Å². The maximum Gasteiger partial charge on any atom is 0.145 e. The monoisotopic (exact) mass is 305 g/mol. The van der Waals surface area contributed by atoms with E-state index in [1.54, 1.807) is 0 Å². The first kappa shape index (κ1) is 14.5. The van der Waals surface area contributed by atoms with Crippen molar-refractivity contribution in [1.82, 2.24) is 0 Å². The van der Waals surface area contributed by atoms with Crippen LogP contribution in [0.5, 0.6) is 0 Å². The summed E-state index contributed by atoms with van der Waals surface area (Å²) in [6.45, 7) is 3.04. The van der Waals surface area contributed by atoms with Crippen molar-refractivity contribution in [2.45, 2.75) is 44.7 Å². The molecule has 0 bridgehead atoms. The second-order valence-electron chi connectivity index (χ2n) is 6.80. The average molecular weight is 305 g/mol. The number of para-hydroxylation sites is 1. The second kappa shape index (κ2) is 5.84. The minimum Gasteiger partial charge on any atom is -0.363 e. The quantitative estimate of drug-likeness (QED) is 0.829. The topological polar surface area (TPSA) is 20.3 Å². The van der Waals surface area contributed by atoms with Gasteiger partial charge in [0.2, 0.25) is 0 Å². The zero-order valence-corrected chi connectivity index (χ0v) is 13.6. The standard InChI is InChI=1S/C21H23NO/c1-2-16-12-13-19-20(21(16)23)17-10-6-7-11-18(17)22(19)14-15-8-4-3-5-9-15/h3-11,16,19-20H,2,12-14H2,1H3/t16-,19-,20+/m1/s1. The van der Waals surface area contributed by atoms with Gasteiger partial charge in [-0.2, -0.15) is 0 Å². The van der Waals surface area contributed by atoms with E-state index < -0.39 is 0 Å². The Labute approximate surface area is 138 Å². The van der Waals surface area contributed by atoms with E-state index in [2.05, 4.69) is 66.4 Å². The SMILES string of the molecule is CC[C@@H]1CC[C@@H]2[C@@H](C1=O)c1ccccc1N2Cc1ccccc1. The second-order valence-corrected chi connectivity index (χ2v) is 6.80. The number of rotatable bonds is 3. The van der Waals surface area contributed by atoms with Gasteiger partial charge in [0.1, 0.15) is 5.78 Å². The van der Waals surface area contributed by atoms with Crippen LogP contribution in [0.25, 0.3) is 0 Å². The molecule has 0 aromatic heterocycles. The van der Waals surface area contributed by atoms with Crippen molar-refractivity contribution in [3.05, 3.63) is 65.7 Å². The van der Waals surface area contributed by atoms with Crippen LogP contribution in [0.3, 0.4) is 0 Å². The van der Waals surface area contributed by atoms with Gasteiger partial charge in [0.05, 0.1) is 5.92 Å². The fraction of sp³-hybridized carbons (Fsp3) is 0.381. The lowest BCUT2D eigenvalue weighted by Crippen LogP contribution is -2.42. The van der Waals surface area contributed by atoms with Crippen LogP contribution >= 0.6 is 0 Å². The first-order chi connectivity index (χ1) is 11.3. The molecule has 0 amide bonds. The Kier molecular flexibility index (Phi) is 3.68. The summed E-state index contributed by atoms with van der Waals surface area (Å²) in [5.41, 5.74) is 3.82. The number of benzene rings is 2. The third kappa shape index (κ3) is 2.37. The molecule has 0 radical (unpaired) electrons. The fourth-order valence-corrected chi connectivity index (χ4v) is 4.40. The number of nitrogens with zero attached hydrogens (tertiary/aromatic N) is 1.